The van der Waals surface area contributed by atoms with Gasteiger partial charge < -0.3 is 5.32 Å². The lowest BCUT2D eigenvalue weighted by Gasteiger charge is -2.32. The maximum absolute atomic E-state index is 9.42. The van der Waals surface area contributed by atoms with E-state index >= 15 is 0 Å². The summed E-state index contributed by atoms with van der Waals surface area (Å²) >= 11 is 0. The molecule has 2 unspecified atom stereocenters. The molecule has 0 aromatic carbocycles. The van der Waals surface area contributed by atoms with E-state index in [4.69, 9.17) is 4.98 Å². The summed E-state index contributed by atoms with van der Waals surface area (Å²) in [5, 5.41) is 13.0. The summed E-state index contributed by atoms with van der Waals surface area (Å²) in [6.07, 6.45) is 8.29. The second-order valence-corrected chi connectivity index (χ2v) is 7.07. The largest absolute Gasteiger partial charge is 0.366 e. The maximum atomic E-state index is 9.42. The Morgan fingerprint density at radius 3 is 2.57 bits per heavy atom. The molecule has 3 heteroatoms. The van der Waals surface area contributed by atoms with Crippen LogP contribution in [0.15, 0.2) is 6.07 Å². The summed E-state index contributed by atoms with van der Waals surface area (Å²) in [5.41, 5.74) is 3.22. The van der Waals surface area contributed by atoms with Gasteiger partial charge in [0.05, 0.1) is 5.56 Å². The smallest absolute Gasteiger partial charge is 0.144 e. The molecule has 1 aromatic heterocycles. The fraction of sp³-hybridized carbons (Fsp3) is 0.667. The van der Waals surface area contributed by atoms with Gasteiger partial charge >= 0.3 is 0 Å². The van der Waals surface area contributed by atoms with E-state index in [0.29, 0.717) is 6.04 Å². The minimum absolute atomic E-state index is 0.463. The highest BCUT2D eigenvalue weighted by atomic mass is 15.0. The van der Waals surface area contributed by atoms with Crippen molar-refractivity contribution in [1.82, 2.24) is 4.98 Å². The fourth-order valence-electron chi connectivity index (χ4n) is 4.09. The zero-order valence-corrected chi connectivity index (χ0v) is 13.2. The molecule has 0 aliphatic heterocycles. The zero-order valence-electron chi connectivity index (χ0n) is 13.2. The number of nitrogens with zero attached hydrogens (tertiary/aromatic N) is 2. The standard InChI is InChI=1S/C18H25N3/c1-12-7-13(2)9-16(8-12)20-18-15(11-19)10-14-5-3-4-6-17(14)21-18/h10,12-13,16H,3-9H2,1-2H3,(H,20,21). The van der Waals surface area contributed by atoms with Gasteiger partial charge in [-0.1, -0.05) is 13.8 Å². The zero-order chi connectivity index (χ0) is 14.8. The molecule has 0 radical (unpaired) electrons. The maximum Gasteiger partial charge on any atom is 0.144 e. The Bertz CT molecular complexity index is 548. The number of aryl methyl sites for hydroxylation is 2. The molecule has 2 aliphatic carbocycles. The quantitative estimate of drug-likeness (QED) is 0.890. The number of fused-ring (bicyclic) bond motifs is 1. The number of hydrogen-bond acceptors (Lipinski definition) is 3. The second kappa shape index (κ2) is 6.05. The lowest BCUT2D eigenvalue weighted by Crippen LogP contribution is -2.31. The van der Waals surface area contributed by atoms with Crippen LogP contribution in [0.2, 0.25) is 0 Å². The van der Waals surface area contributed by atoms with E-state index in [1.807, 2.05) is 0 Å². The number of rotatable bonds is 2. The molecule has 1 N–H and O–H groups in total. The number of nitriles is 1. The van der Waals surface area contributed by atoms with E-state index in [9.17, 15) is 5.26 Å². The number of hydrogen-bond donors (Lipinski definition) is 1. The highest BCUT2D eigenvalue weighted by molar-refractivity contribution is 5.55. The first-order chi connectivity index (χ1) is 10.2. The Morgan fingerprint density at radius 2 is 1.86 bits per heavy atom. The van der Waals surface area contributed by atoms with E-state index in [1.54, 1.807) is 0 Å². The van der Waals surface area contributed by atoms with Gasteiger partial charge in [-0.25, -0.2) is 4.98 Å². The lowest BCUT2D eigenvalue weighted by molar-refractivity contribution is 0.280. The molecule has 2 aliphatic rings. The minimum atomic E-state index is 0.463. The molecule has 2 atom stereocenters. The van der Waals surface area contributed by atoms with Crippen LogP contribution < -0.4 is 5.32 Å². The second-order valence-electron chi connectivity index (χ2n) is 7.07. The molecule has 0 bridgehead atoms. The molecule has 1 heterocycles. The van der Waals surface area contributed by atoms with Gasteiger partial charge in [-0.05, 0) is 68.4 Å². The first-order valence-electron chi connectivity index (χ1n) is 8.35. The summed E-state index contributed by atoms with van der Waals surface area (Å²) in [4.78, 5) is 4.79. The Labute approximate surface area is 127 Å². The van der Waals surface area contributed by atoms with E-state index in [2.05, 4.69) is 31.3 Å². The Hall–Kier alpha value is -1.56. The van der Waals surface area contributed by atoms with Crippen LogP contribution in [-0.2, 0) is 12.8 Å². The molecule has 3 rings (SSSR count). The highest BCUT2D eigenvalue weighted by Gasteiger charge is 2.25. The van der Waals surface area contributed by atoms with Crippen molar-refractivity contribution in [2.24, 2.45) is 11.8 Å². The number of pyridine rings is 1. The van der Waals surface area contributed by atoms with E-state index in [-0.39, 0.29) is 0 Å². The number of nitrogens with one attached hydrogen (secondary N) is 1. The van der Waals surface area contributed by atoms with E-state index in [0.717, 1.165) is 36.1 Å². The average molecular weight is 283 g/mol. The van der Waals surface area contributed by atoms with Gasteiger partial charge in [0.1, 0.15) is 11.9 Å². The van der Waals surface area contributed by atoms with E-state index < -0.39 is 0 Å². The Morgan fingerprint density at radius 1 is 1.14 bits per heavy atom. The third-order valence-corrected chi connectivity index (χ3v) is 4.94. The van der Waals surface area contributed by atoms with Crippen LogP contribution in [-0.4, -0.2) is 11.0 Å². The predicted molar refractivity (Wildman–Crippen MR) is 85.2 cm³/mol. The fourth-order valence-corrected chi connectivity index (χ4v) is 4.09. The lowest BCUT2D eigenvalue weighted by atomic mass is 9.80. The van der Waals surface area contributed by atoms with Crippen LogP contribution in [0.1, 0.15) is 62.8 Å². The van der Waals surface area contributed by atoms with Crippen LogP contribution >= 0.6 is 0 Å². The van der Waals surface area contributed by atoms with Crippen molar-refractivity contribution < 1.29 is 0 Å². The van der Waals surface area contributed by atoms with Gasteiger partial charge in [-0.15, -0.1) is 0 Å². The van der Waals surface area contributed by atoms with Crippen molar-refractivity contribution in [1.29, 1.82) is 5.26 Å². The molecule has 1 fully saturated rings. The third-order valence-electron chi connectivity index (χ3n) is 4.94. The minimum Gasteiger partial charge on any atom is -0.366 e. The van der Waals surface area contributed by atoms with Crippen molar-refractivity contribution in [3.05, 3.63) is 22.9 Å². The first-order valence-corrected chi connectivity index (χ1v) is 8.35. The summed E-state index contributed by atoms with van der Waals surface area (Å²) in [6, 6.07) is 4.86. The van der Waals surface area contributed by atoms with Gasteiger partial charge in [-0.3, -0.25) is 0 Å². The van der Waals surface area contributed by atoms with Crippen molar-refractivity contribution >= 4 is 5.82 Å². The van der Waals surface area contributed by atoms with Crippen LogP contribution in [0.5, 0.6) is 0 Å². The molecule has 3 nitrogen and oxygen atoms in total. The monoisotopic (exact) mass is 283 g/mol. The van der Waals surface area contributed by atoms with Crippen LogP contribution in [0, 0.1) is 23.2 Å². The molecular weight excluding hydrogens is 258 g/mol. The van der Waals surface area contributed by atoms with Gasteiger partial charge in [0, 0.05) is 11.7 Å². The Kier molecular flexibility index (Phi) is 4.14. The molecule has 1 aromatic rings. The molecule has 112 valence electrons. The van der Waals surface area contributed by atoms with E-state index in [1.165, 1.54) is 43.4 Å². The average Bonchev–Trinajstić information content (AvgIpc) is 2.45. The van der Waals surface area contributed by atoms with Crippen molar-refractivity contribution in [2.75, 3.05) is 5.32 Å². The summed E-state index contributed by atoms with van der Waals surface area (Å²) in [5.74, 6) is 2.34. The highest BCUT2D eigenvalue weighted by Crippen LogP contribution is 2.31. The van der Waals surface area contributed by atoms with Crippen LogP contribution in [0.25, 0.3) is 0 Å². The Balaban J connectivity index is 1.82. The number of aromatic nitrogens is 1. The number of anilines is 1. The van der Waals surface area contributed by atoms with Crippen LogP contribution in [0.3, 0.4) is 0 Å². The molecule has 1 saturated carbocycles. The van der Waals surface area contributed by atoms with Crippen molar-refractivity contribution in [3.8, 4) is 6.07 Å². The van der Waals surface area contributed by atoms with Crippen LogP contribution in [0.4, 0.5) is 5.82 Å². The predicted octanol–water partition coefficient (Wildman–Crippen LogP) is 4.07. The van der Waals surface area contributed by atoms with Gasteiger partial charge in [0.15, 0.2) is 0 Å². The van der Waals surface area contributed by atoms with Gasteiger partial charge in [0.2, 0.25) is 0 Å². The van der Waals surface area contributed by atoms with Crippen molar-refractivity contribution in [3.63, 3.8) is 0 Å². The van der Waals surface area contributed by atoms with Gasteiger partial charge in [0.25, 0.3) is 0 Å². The van der Waals surface area contributed by atoms with Crippen molar-refractivity contribution in [2.45, 2.75) is 64.8 Å². The summed E-state index contributed by atoms with van der Waals surface area (Å²) < 4.78 is 0. The summed E-state index contributed by atoms with van der Waals surface area (Å²) in [7, 11) is 0. The first kappa shape index (κ1) is 14.4. The molecular formula is C18H25N3. The SMILES string of the molecule is CC1CC(C)CC(Nc2nc3c(cc2C#N)CCCC3)C1. The molecule has 21 heavy (non-hydrogen) atoms. The normalized spacial score (nSPS) is 28.5. The van der Waals surface area contributed by atoms with Gasteiger partial charge in [-0.2, -0.15) is 5.26 Å². The molecule has 0 spiro atoms. The molecule has 0 saturated heterocycles. The molecule has 0 amide bonds. The summed E-state index contributed by atoms with van der Waals surface area (Å²) in [6.45, 7) is 4.66. The topological polar surface area (TPSA) is 48.7 Å². The third kappa shape index (κ3) is 3.20.